The van der Waals surface area contributed by atoms with Crippen molar-refractivity contribution in [3.05, 3.63) is 35.5 Å². The monoisotopic (exact) mass is 299 g/mol. The highest BCUT2D eigenvalue weighted by atomic mass is 19.2. The van der Waals surface area contributed by atoms with Crippen molar-refractivity contribution in [1.29, 1.82) is 0 Å². The molecule has 2 aromatic rings. The Bertz CT molecular complexity index is 605. The van der Waals surface area contributed by atoms with E-state index in [4.69, 9.17) is 4.52 Å². The fraction of sp³-hybridized carbons (Fsp3) is 0.429. The van der Waals surface area contributed by atoms with Crippen molar-refractivity contribution in [2.24, 2.45) is 5.92 Å². The van der Waals surface area contributed by atoms with E-state index < -0.39 is 17.5 Å². The van der Waals surface area contributed by atoms with Gasteiger partial charge < -0.3 is 9.84 Å². The van der Waals surface area contributed by atoms with E-state index in [-0.39, 0.29) is 17.4 Å². The van der Waals surface area contributed by atoms with Crippen molar-refractivity contribution in [1.82, 2.24) is 15.5 Å². The molecular formula is C14H16F3N3O. The first kappa shape index (κ1) is 15.5. The molecule has 1 unspecified atom stereocenters. The molecule has 1 aromatic carbocycles. The van der Waals surface area contributed by atoms with Crippen molar-refractivity contribution in [2.75, 3.05) is 7.05 Å². The van der Waals surface area contributed by atoms with Crippen LogP contribution in [0.5, 0.6) is 0 Å². The number of likely N-dealkylation sites (N-methyl/N-ethyl adjacent to an activating group) is 1. The lowest BCUT2D eigenvalue weighted by atomic mass is 10.0. The zero-order chi connectivity index (χ0) is 15.6. The second-order valence-corrected chi connectivity index (χ2v) is 5.11. The van der Waals surface area contributed by atoms with E-state index >= 15 is 0 Å². The lowest BCUT2D eigenvalue weighted by Gasteiger charge is -2.17. The first-order valence-electron chi connectivity index (χ1n) is 6.57. The lowest BCUT2D eigenvalue weighted by molar-refractivity contribution is 0.335. The molecule has 114 valence electrons. The molecule has 0 fully saturated rings. The van der Waals surface area contributed by atoms with Gasteiger partial charge in [-0.05, 0) is 25.1 Å². The summed E-state index contributed by atoms with van der Waals surface area (Å²) < 4.78 is 44.4. The average Bonchev–Trinajstić information content (AvgIpc) is 2.89. The van der Waals surface area contributed by atoms with Crippen LogP contribution in [-0.4, -0.2) is 23.2 Å². The summed E-state index contributed by atoms with van der Waals surface area (Å²) in [5.74, 6) is -3.36. The van der Waals surface area contributed by atoms with Gasteiger partial charge in [0.15, 0.2) is 17.5 Å². The molecule has 0 amide bonds. The van der Waals surface area contributed by atoms with Gasteiger partial charge in [-0.15, -0.1) is 0 Å². The Balaban J connectivity index is 2.24. The second kappa shape index (κ2) is 6.26. The van der Waals surface area contributed by atoms with Crippen molar-refractivity contribution in [3.63, 3.8) is 0 Å². The maximum atomic E-state index is 13.2. The summed E-state index contributed by atoms with van der Waals surface area (Å²) >= 11 is 0. The largest absolute Gasteiger partial charge is 0.339 e. The molecule has 0 saturated carbocycles. The van der Waals surface area contributed by atoms with Crippen LogP contribution >= 0.6 is 0 Å². The topological polar surface area (TPSA) is 51.0 Å². The van der Waals surface area contributed by atoms with E-state index in [1.807, 2.05) is 20.9 Å². The minimum Gasteiger partial charge on any atom is -0.339 e. The molecule has 0 aliphatic carbocycles. The Kier molecular flexibility index (Phi) is 4.62. The molecule has 0 aliphatic heterocycles. The number of rotatable bonds is 5. The molecule has 4 nitrogen and oxygen atoms in total. The fourth-order valence-electron chi connectivity index (χ4n) is 2.00. The maximum Gasteiger partial charge on any atom is 0.228 e. The minimum absolute atomic E-state index is 0.0291. The molecule has 2 rings (SSSR count). The zero-order valence-electron chi connectivity index (χ0n) is 12.0. The van der Waals surface area contributed by atoms with Crippen molar-refractivity contribution >= 4 is 0 Å². The van der Waals surface area contributed by atoms with Gasteiger partial charge in [0.1, 0.15) is 0 Å². The van der Waals surface area contributed by atoms with Gasteiger partial charge in [-0.2, -0.15) is 4.98 Å². The summed E-state index contributed by atoms with van der Waals surface area (Å²) in [5, 5.41) is 6.80. The van der Waals surface area contributed by atoms with Gasteiger partial charge in [0.25, 0.3) is 0 Å². The predicted octanol–water partition coefficient (Wildman–Crippen LogP) is 2.94. The van der Waals surface area contributed by atoms with Crippen LogP contribution in [0.2, 0.25) is 0 Å². The number of halogens is 3. The number of aromatic nitrogens is 2. The SMILES string of the molecule is CNC(Cc1nc(-c2cc(F)c(F)c(F)c2)no1)C(C)C. The van der Waals surface area contributed by atoms with Crippen LogP contribution in [0.15, 0.2) is 16.7 Å². The summed E-state index contributed by atoms with van der Waals surface area (Å²) in [6.07, 6.45) is 0.493. The van der Waals surface area contributed by atoms with Crippen LogP contribution in [0.3, 0.4) is 0 Å². The Morgan fingerprint density at radius 3 is 2.33 bits per heavy atom. The number of hydrogen-bond acceptors (Lipinski definition) is 4. The summed E-state index contributed by atoms with van der Waals surface area (Å²) in [4.78, 5) is 4.09. The van der Waals surface area contributed by atoms with Crippen LogP contribution in [-0.2, 0) is 6.42 Å². The van der Waals surface area contributed by atoms with Gasteiger partial charge in [0, 0.05) is 18.0 Å². The van der Waals surface area contributed by atoms with Gasteiger partial charge >= 0.3 is 0 Å². The molecule has 0 spiro atoms. The van der Waals surface area contributed by atoms with Gasteiger partial charge in [-0.1, -0.05) is 19.0 Å². The third-order valence-corrected chi connectivity index (χ3v) is 3.28. The van der Waals surface area contributed by atoms with Crippen molar-refractivity contribution in [3.8, 4) is 11.4 Å². The number of nitrogens with zero attached hydrogens (tertiary/aromatic N) is 2. The molecule has 0 radical (unpaired) electrons. The van der Waals surface area contributed by atoms with E-state index in [1.165, 1.54) is 0 Å². The van der Waals surface area contributed by atoms with Crippen molar-refractivity contribution in [2.45, 2.75) is 26.3 Å². The van der Waals surface area contributed by atoms with Gasteiger partial charge in [-0.3, -0.25) is 0 Å². The van der Waals surface area contributed by atoms with Gasteiger partial charge in [0.05, 0.1) is 0 Å². The molecule has 1 N–H and O–H groups in total. The van der Waals surface area contributed by atoms with E-state index in [0.29, 0.717) is 18.2 Å². The summed E-state index contributed by atoms with van der Waals surface area (Å²) in [6.45, 7) is 4.09. The third kappa shape index (κ3) is 3.41. The van der Waals surface area contributed by atoms with Crippen LogP contribution in [0.25, 0.3) is 11.4 Å². The number of nitrogens with one attached hydrogen (secondary N) is 1. The first-order chi connectivity index (χ1) is 9.92. The molecule has 7 heteroatoms. The van der Waals surface area contributed by atoms with Crippen LogP contribution in [0.1, 0.15) is 19.7 Å². The predicted molar refractivity (Wildman–Crippen MR) is 71.0 cm³/mol. The quantitative estimate of drug-likeness (QED) is 0.862. The first-order valence-corrected chi connectivity index (χ1v) is 6.57. The Labute approximate surface area is 120 Å². The summed E-state index contributed by atoms with van der Waals surface area (Å²) in [6, 6.07) is 1.82. The molecule has 21 heavy (non-hydrogen) atoms. The van der Waals surface area contributed by atoms with Crippen LogP contribution < -0.4 is 5.32 Å². The smallest absolute Gasteiger partial charge is 0.228 e. The standard InChI is InChI=1S/C14H16F3N3O/c1-7(2)11(18-3)6-12-19-14(20-21-12)8-4-9(15)13(17)10(16)5-8/h4-5,7,11,18H,6H2,1-3H3. The summed E-state index contributed by atoms with van der Waals surface area (Å²) in [5.41, 5.74) is 0.0342. The highest BCUT2D eigenvalue weighted by molar-refractivity contribution is 5.54. The van der Waals surface area contributed by atoms with Crippen LogP contribution in [0, 0.1) is 23.4 Å². The van der Waals surface area contributed by atoms with Gasteiger partial charge in [0.2, 0.25) is 11.7 Å². The highest BCUT2D eigenvalue weighted by Gasteiger charge is 2.18. The normalized spacial score (nSPS) is 12.9. The van der Waals surface area contributed by atoms with E-state index in [1.54, 1.807) is 0 Å². The van der Waals surface area contributed by atoms with Crippen LogP contribution in [0.4, 0.5) is 13.2 Å². The third-order valence-electron chi connectivity index (χ3n) is 3.28. The molecule has 1 aromatic heterocycles. The lowest BCUT2D eigenvalue weighted by Crippen LogP contribution is -2.32. The van der Waals surface area contributed by atoms with Gasteiger partial charge in [-0.25, -0.2) is 13.2 Å². The highest BCUT2D eigenvalue weighted by Crippen LogP contribution is 2.22. The fourth-order valence-corrected chi connectivity index (χ4v) is 2.00. The molecular weight excluding hydrogens is 283 g/mol. The number of hydrogen-bond donors (Lipinski definition) is 1. The second-order valence-electron chi connectivity index (χ2n) is 5.11. The zero-order valence-corrected chi connectivity index (χ0v) is 12.0. The molecule has 0 saturated heterocycles. The maximum absolute atomic E-state index is 13.2. The Morgan fingerprint density at radius 1 is 1.19 bits per heavy atom. The molecule has 1 atom stereocenters. The van der Waals surface area contributed by atoms with Crippen molar-refractivity contribution < 1.29 is 17.7 Å². The van der Waals surface area contributed by atoms with E-state index in [2.05, 4.69) is 15.5 Å². The summed E-state index contributed by atoms with van der Waals surface area (Å²) in [7, 11) is 1.83. The number of benzene rings is 1. The van der Waals surface area contributed by atoms with E-state index in [9.17, 15) is 13.2 Å². The molecule has 0 bridgehead atoms. The Hall–Kier alpha value is -1.89. The average molecular weight is 299 g/mol. The Morgan fingerprint density at radius 2 is 1.81 bits per heavy atom. The van der Waals surface area contributed by atoms with E-state index in [0.717, 1.165) is 12.1 Å². The molecule has 1 heterocycles. The molecule has 0 aliphatic rings. The minimum atomic E-state index is -1.52.